The molecule has 27 heavy (non-hydrogen) atoms. The molecule has 0 aliphatic carbocycles. The summed E-state index contributed by atoms with van der Waals surface area (Å²) in [6.07, 6.45) is 2.19. The minimum Gasteiger partial charge on any atom is -0.472 e. The van der Waals surface area contributed by atoms with Gasteiger partial charge in [0.05, 0.1) is 25.9 Å². The van der Waals surface area contributed by atoms with Crippen LogP contribution in [0.3, 0.4) is 0 Å². The number of ether oxygens (including phenoxy) is 3. The zero-order chi connectivity index (χ0) is 19.2. The molecule has 7 nitrogen and oxygen atoms in total. The Bertz CT molecular complexity index is 789. The molecule has 3 rings (SSSR count). The predicted octanol–water partition coefficient (Wildman–Crippen LogP) is 2.55. The Morgan fingerprint density at radius 2 is 2.04 bits per heavy atom. The summed E-state index contributed by atoms with van der Waals surface area (Å²) in [7, 11) is 1.26. The molecular weight excluding hydrogens is 372 g/mol. The predicted molar refractivity (Wildman–Crippen MR) is 97.8 cm³/mol. The van der Waals surface area contributed by atoms with E-state index in [1.807, 2.05) is 0 Å². The van der Waals surface area contributed by atoms with Crippen LogP contribution in [0.15, 0.2) is 42.6 Å². The number of aromatic nitrogens is 1. The number of carbonyl (C=O) groups excluding carboxylic acids is 2. The topological polar surface area (TPSA) is 86.8 Å². The lowest BCUT2D eigenvalue weighted by Crippen LogP contribution is -2.34. The standard InChI is InChI=1S/C19H19ClN2O5/c1-25-19(24)17(12-2-5-14(20)6-3-12)22-18(23)13-4-7-16(21-10-13)27-15-8-9-26-11-15/h2-7,10,15,17H,8-9,11H2,1H3,(H,22,23). The lowest BCUT2D eigenvalue weighted by Gasteiger charge is -2.17. The first-order chi connectivity index (χ1) is 13.1. The van der Waals surface area contributed by atoms with E-state index in [4.69, 9.17) is 25.8 Å². The van der Waals surface area contributed by atoms with Gasteiger partial charge in [-0.2, -0.15) is 0 Å². The zero-order valence-electron chi connectivity index (χ0n) is 14.7. The SMILES string of the molecule is COC(=O)C(NC(=O)c1ccc(OC2CCOC2)nc1)c1ccc(Cl)cc1. The average Bonchev–Trinajstić information content (AvgIpc) is 3.20. The highest BCUT2D eigenvalue weighted by molar-refractivity contribution is 6.30. The van der Waals surface area contributed by atoms with Crippen LogP contribution in [-0.2, 0) is 14.3 Å². The molecule has 8 heteroatoms. The van der Waals surface area contributed by atoms with Crippen LogP contribution in [0.2, 0.25) is 5.02 Å². The van der Waals surface area contributed by atoms with Crippen molar-refractivity contribution in [2.45, 2.75) is 18.6 Å². The molecule has 0 spiro atoms. The highest BCUT2D eigenvalue weighted by atomic mass is 35.5. The number of amides is 1. The number of nitrogens with one attached hydrogen (secondary N) is 1. The molecule has 0 bridgehead atoms. The molecule has 0 radical (unpaired) electrons. The number of benzene rings is 1. The summed E-state index contributed by atoms with van der Waals surface area (Å²) >= 11 is 5.88. The van der Waals surface area contributed by atoms with Crippen LogP contribution in [0.5, 0.6) is 5.88 Å². The number of halogens is 1. The van der Waals surface area contributed by atoms with Crippen molar-refractivity contribution in [2.75, 3.05) is 20.3 Å². The van der Waals surface area contributed by atoms with E-state index < -0.39 is 17.9 Å². The summed E-state index contributed by atoms with van der Waals surface area (Å²) in [4.78, 5) is 28.8. The van der Waals surface area contributed by atoms with Crippen molar-refractivity contribution in [1.29, 1.82) is 0 Å². The molecule has 1 fully saturated rings. The molecule has 1 aromatic heterocycles. The Morgan fingerprint density at radius 1 is 1.26 bits per heavy atom. The van der Waals surface area contributed by atoms with Gasteiger partial charge >= 0.3 is 5.97 Å². The van der Waals surface area contributed by atoms with Gasteiger partial charge in [-0.1, -0.05) is 23.7 Å². The first-order valence-electron chi connectivity index (χ1n) is 8.41. The van der Waals surface area contributed by atoms with Crippen molar-refractivity contribution in [3.05, 3.63) is 58.7 Å². The summed E-state index contributed by atoms with van der Waals surface area (Å²) in [5, 5.41) is 3.18. The summed E-state index contributed by atoms with van der Waals surface area (Å²) in [5.41, 5.74) is 0.863. The monoisotopic (exact) mass is 390 g/mol. The molecular formula is C19H19ClN2O5. The van der Waals surface area contributed by atoms with Crippen molar-refractivity contribution in [2.24, 2.45) is 0 Å². The molecule has 2 unspecified atom stereocenters. The van der Waals surface area contributed by atoms with E-state index in [0.29, 0.717) is 35.2 Å². The van der Waals surface area contributed by atoms with Crippen LogP contribution in [0, 0.1) is 0 Å². The summed E-state index contributed by atoms with van der Waals surface area (Å²) in [6.45, 7) is 1.20. The second kappa shape index (κ2) is 8.83. The number of carbonyl (C=O) groups is 2. The molecule has 0 saturated carbocycles. The van der Waals surface area contributed by atoms with Gasteiger partial charge in [-0.3, -0.25) is 4.79 Å². The first kappa shape index (κ1) is 19.1. The van der Waals surface area contributed by atoms with Gasteiger partial charge in [0.2, 0.25) is 5.88 Å². The molecule has 1 saturated heterocycles. The zero-order valence-corrected chi connectivity index (χ0v) is 15.4. The number of hydrogen-bond acceptors (Lipinski definition) is 6. The van der Waals surface area contributed by atoms with E-state index in [9.17, 15) is 9.59 Å². The highest BCUT2D eigenvalue weighted by Gasteiger charge is 2.24. The van der Waals surface area contributed by atoms with Crippen LogP contribution in [0.4, 0.5) is 0 Å². The van der Waals surface area contributed by atoms with Crippen LogP contribution >= 0.6 is 11.6 Å². The largest absolute Gasteiger partial charge is 0.472 e. The fourth-order valence-corrected chi connectivity index (χ4v) is 2.75. The Hall–Kier alpha value is -2.64. The third-order valence-electron chi connectivity index (χ3n) is 4.09. The maximum absolute atomic E-state index is 12.5. The maximum Gasteiger partial charge on any atom is 0.333 e. The number of nitrogens with zero attached hydrogens (tertiary/aromatic N) is 1. The van der Waals surface area contributed by atoms with Gasteiger partial charge in [-0.15, -0.1) is 0 Å². The van der Waals surface area contributed by atoms with Gasteiger partial charge in [0.15, 0.2) is 6.04 Å². The maximum atomic E-state index is 12.5. The molecule has 2 atom stereocenters. The summed E-state index contributed by atoms with van der Waals surface area (Å²) < 4.78 is 15.7. The van der Waals surface area contributed by atoms with Crippen LogP contribution < -0.4 is 10.1 Å². The van der Waals surface area contributed by atoms with Gasteiger partial charge in [-0.25, -0.2) is 9.78 Å². The van der Waals surface area contributed by atoms with Crippen molar-refractivity contribution in [3.63, 3.8) is 0 Å². The van der Waals surface area contributed by atoms with E-state index >= 15 is 0 Å². The second-order valence-electron chi connectivity index (χ2n) is 5.97. The lowest BCUT2D eigenvalue weighted by atomic mass is 10.1. The first-order valence-corrected chi connectivity index (χ1v) is 8.79. The molecule has 1 N–H and O–H groups in total. The molecule has 2 heterocycles. The van der Waals surface area contributed by atoms with E-state index in [-0.39, 0.29) is 6.10 Å². The van der Waals surface area contributed by atoms with Crippen molar-refractivity contribution < 1.29 is 23.8 Å². The van der Waals surface area contributed by atoms with Crippen LogP contribution in [0.1, 0.15) is 28.4 Å². The summed E-state index contributed by atoms with van der Waals surface area (Å²) in [6, 6.07) is 8.84. The molecule has 142 valence electrons. The Balaban J connectivity index is 1.69. The van der Waals surface area contributed by atoms with Gasteiger partial charge in [0.25, 0.3) is 5.91 Å². The van der Waals surface area contributed by atoms with Gasteiger partial charge in [0.1, 0.15) is 6.10 Å². The van der Waals surface area contributed by atoms with Crippen molar-refractivity contribution in [1.82, 2.24) is 10.3 Å². The minimum absolute atomic E-state index is 0.0224. The fraction of sp³-hybridized carbons (Fsp3) is 0.316. The smallest absolute Gasteiger partial charge is 0.333 e. The average molecular weight is 391 g/mol. The Morgan fingerprint density at radius 3 is 2.63 bits per heavy atom. The van der Waals surface area contributed by atoms with Crippen LogP contribution in [0.25, 0.3) is 0 Å². The van der Waals surface area contributed by atoms with Crippen LogP contribution in [-0.4, -0.2) is 43.3 Å². The quantitative estimate of drug-likeness (QED) is 0.763. The number of rotatable bonds is 6. The molecule has 1 amide bonds. The fourth-order valence-electron chi connectivity index (χ4n) is 2.63. The van der Waals surface area contributed by atoms with Gasteiger partial charge < -0.3 is 19.5 Å². The van der Waals surface area contributed by atoms with Gasteiger partial charge in [-0.05, 0) is 23.8 Å². The minimum atomic E-state index is -0.952. The highest BCUT2D eigenvalue weighted by Crippen LogP contribution is 2.19. The number of hydrogen-bond donors (Lipinski definition) is 1. The normalized spacial score (nSPS) is 17.2. The third kappa shape index (κ3) is 4.96. The van der Waals surface area contributed by atoms with E-state index in [2.05, 4.69) is 10.3 Å². The van der Waals surface area contributed by atoms with Crippen molar-refractivity contribution >= 4 is 23.5 Å². The number of esters is 1. The Kier molecular flexibility index (Phi) is 6.26. The molecule has 2 aromatic rings. The van der Waals surface area contributed by atoms with Gasteiger partial charge in [0, 0.05) is 23.7 Å². The molecule has 1 aliphatic heterocycles. The molecule has 1 aromatic carbocycles. The molecule has 1 aliphatic rings. The lowest BCUT2D eigenvalue weighted by molar-refractivity contribution is -0.143. The van der Waals surface area contributed by atoms with E-state index in [1.54, 1.807) is 36.4 Å². The summed E-state index contributed by atoms with van der Waals surface area (Å²) in [5.74, 6) is -0.618. The Labute approximate surface area is 161 Å². The van der Waals surface area contributed by atoms with E-state index in [1.165, 1.54) is 13.3 Å². The number of pyridine rings is 1. The van der Waals surface area contributed by atoms with Crippen molar-refractivity contribution in [3.8, 4) is 5.88 Å². The number of methoxy groups -OCH3 is 1. The third-order valence-corrected chi connectivity index (χ3v) is 4.34. The second-order valence-corrected chi connectivity index (χ2v) is 6.41. The van der Waals surface area contributed by atoms with E-state index in [0.717, 1.165) is 6.42 Å².